The molecule has 0 fully saturated rings. The molecular formula is C11H8Cl3NO3. The second-order valence-corrected chi connectivity index (χ2v) is 4.82. The Bertz CT molecular complexity index is 548. The van der Waals surface area contributed by atoms with Crippen LogP contribution in [0.3, 0.4) is 0 Å². The highest BCUT2D eigenvalue weighted by atomic mass is 35.5. The molecule has 0 spiro atoms. The van der Waals surface area contributed by atoms with Gasteiger partial charge in [0.1, 0.15) is 5.70 Å². The second kappa shape index (κ2) is 4.88. The summed E-state index contributed by atoms with van der Waals surface area (Å²) in [4.78, 5) is 12.6. The lowest BCUT2D eigenvalue weighted by atomic mass is 10.1. The average molecular weight is 309 g/mol. The first kappa shape index (κ1) is 13.3. The van der Waals surface area contributed by atoms with Crippen molar-refractivity contribution < 1.29 is 14.3 Å². The molecule has 0 aromatic carbocycles. The summed E-state index contributed by atoms with van der Waals surface area (Å²) in [6.07, 6.45) is 1.46. The van der Waals surface area contributed by atoms with Crippen molar-refractivity contribution >= 4 is 46.5 Å². The maximum absolute atomic E-state index is 11.2. The molecule has 1 aromatic rings. The topological polar surface area (TPSA) is 53.7 Å². The molecule has 1 aromatic heterocycles. The Hall–Kier alpha value is -1.10. The van der Waals surface area contributed by atoms with Crippen LogP contribution in [0.2, 0.25) is 0 Å². The maximum Gasteiger partial charge on any atom is 0.332 e. The number of rotatable bonds is 2. The van der Waals surface area contributed by atoms with Crippen molar-refractivity contribution in [1.82, 2.24) is 4.90 Å². The molecule has 7 heteroatoms. The van der Waals surface area contributed by atoms with Crippen LogP contribution in [0.15, 0.2) is 37.9 Å². The van der Waals surface area contributed by atoms with Gasteiger partial charge >= 0.3 is 5.97 Å². The Morgan fingerprint density at radius 1 is 1.39 bits per heavy atom. The number of carboxylic acids is 1. The summed E-state index contributed by atoms with van der Waals surface area (Å²) in [5.41, 5.74) is 0.392. The van der Waals surface area contributed by atoms with E-state index in [-0.39, 0.29) is 15.1 Å². The molecule has 0 amide bonds. The Morgan fingerprint density at radius 2 is 2.06 bits per heavy atom. The molecule has 96 valence electrons. The number of furan rings is 1. The van der Waals surface area contributed by atoms with E-state index in [0.717, 1.165) is 0 Å². The molecule has 0 bridgehead atoms. The zero-order valence-corrected chi connectivity index (χ0v) is 11.4. The van der Waals surface area contributed by atoms with E-state index in [1.165, 1.54) is 11.2 Å². The van der Waals surface area contributed by atoms with E-state index in [1.807, 2.05) is 0 Å². The number of allylic oxidation sites excluding steroid dienone is 2. The van der Waals surface area contributed by atoms with Crippen molar-refractivity contribution in [3.63, 3.8) is 0 Å². The number of nitrogens with zero attached hydrogens (tertiary/aromatic N) is 1. The van der Waals surface area contributed by atoms with Crippen molar-refractivity contribution in [2.24, 2.45) is 0 Å². The summed E-state index contributed by atoms with van der Waals surface area (Å²) in [6, 6.07) is 2.25. The van der Waals surface area contributed by atoms with Gasteiger partial charge in [-0.2, -0.15) is 0 Å². The van der Waals surface area contributed by atoms with Crippen molar-refractivity contribution in [3.8, 4) is 0 Å². The van der Waals surface area contributed by atoms with Gasteiger partial charge in [0.25, 0.3) is 0 Å². The Kier molecular flexibility index (Phi) is 3.61. The largest absolute Gasteiger partial charge is 0.479 e. The number of aliphatic carboxylic acids is 1. The summed E-state index contributed by atoms with van der Waals surface area (Å²) in [6.45, 7) is 0. The standard InChI is InChI=1S/C11H8Cl3NO3/c1-15-9(5-3-2-4-18-5)7(13)6(12)8(14)10(15)11(16)17/h2-4,10H,1H3,(H,16,17). The van der Waals surface area contributed by atoms with Crippen molar-refractivity contribution in [1.29, 1.82) is 0 Å². The van der Waals surface area contributed by atoms with Gasteiger partial charge in [0.2, 0.25) is 0 Å². The number of hydrogen-bond donors (Lipinski definition) is 1. The normalized spacial score (nSPS) is 20.7. The van der Waals surface area contributed by atoms with E-state index in [0.29, 0.717) is 11.5 Å². The lowest BCUT2D eigenvalue weighted by Gasteiger charge is -2.32. The summed E-state index contributed by atoms with van der Waals surface area (Å²) in [7, 11) is 1.56. The highest BCUT2D eigenvalue weighted by Crippen LogP contribution is 2.41. The third-order valence-corrected chi connectivity index (χ3v) is 3.93. The van der Waals surface area contributed by atoms with Gasteiger partial charge in [-0.3, -0.25) is 0 Å². The third kappa shape index (κ3) is 2.00. The molecule has 1 N–H and O–H groups in total. The van der Waals surface area contributed by atoms with Crippen LogP contribution in [0.4, 0.5) is 0 Å². The summed E-state index contributed by atoms with van der Waals surface area (Å²) in [5.74, 6) is -0.690. The van der Waals surface area contributed by atoms with Crippen LogP contribution in [-0.4, -0.2) is 29.1 Å². The summed E-state index contributed by atoms with van der Waals surface area (Å²) < 4.78 is 5.22. The van der Waals surface area contributed by atoms with Gasteiger partial charge in [0.05, 0.1) is 21.4 Å². The van der Waals surface area contributed by atoms with E-state index >= 15 is 0 Å². The molecule has 0 saturated carbocycles. The molecular weight excluding hydrogens is 300 g/mol. The van der Waals surface area contributed by atoms with Crippen LogP contribution in [0.5, 0.6) is 0 Å². The zero-order valence-electron chi connectivity index (χ0n) is 9.15. The first-order valence-electron chi connectivity index (χ1n) is 4.90. The Balaban J connectivity index is 2.60. The second-order valence-electron chi connectivity index (χ2n) is 3.65. The smallest absolute Gasteiger partial charge is 0.332 e. The fourth-order valence-corrected chi connectivity index (χ4v) is 2.66. The van der Waals surface area contributed by atoms with Crippen LogP contribution < -0.4 is 0 Å². The van der Waals surface area contributed by atoms with Crippen LogP contribution >= 0.6 is 34.8 Å². The minimum absolute atomic E-state index is 0.0213. The lowest BCUT2D eigenvalue weighted by molar-refractivity contribution is -0.140. The molecule has 0 aliphatic carbocycles. The fraction of sp³-hybridized carbons (Fsp3) is 0.182. The molecule has 1 atom stereocenters. The number of halogens is 3. The highest BCUT2D eigenvalue weighted by Gasteiger charge is 2.37. The van der Waals surface area contributed by atoms with Gasteiger partial charge in [-0.15, -0.1) is 0 Å². The first-order valence-corrected chi connectivity index (χ1v) is 6.03. The Labute approximate surface area is 118 Å². The monoisotopic (exact) mass is 307 g/mol. The first-order chi connectivity index (χ1) is 8.45. The molecule has 2 rings (SSSR count). The predicted molar refractivity (Wildman–Crippen MR) is 69.4 cm³/mol. The van der Waals surface area contributed by atoms with E-state index in [2.05, 4.69) is 0 Å². The van der Waals surface area contributed by atoms with Gasteiger partial charge in [0.15, 0.2) is 11.8 Å². The zero-order chi connectivity index (χ0) is 13.4. The SMILES string of the molecule is CN1C(c2ccco2)=C(Cl)C(Cl)=C(Cl)C1C(=O)O. The molecule has 4 nitrogen and oxygen atoms in total. The van der Waals surface area contributed by atoms with E-state index in [9.17, 15) is 9.90 Å². The molecule has 0 radical (unpaired) electrons. The van der Waals surface area contributed by atoms with Crippen molar-refractivity contribution in [3.05, 3.63) is 39.3 Å². The highest BCUT2D eigenvalue weighted by molar-refractivity contribution is 6.50. The molecule has 2 heterocycles. The van der Waals surface area contributed by atoms with Crippen LogP contribution in [0.1, 0.15) is 5.76 Å². The number of carbonyl (C=O) groups is 1. The maximum atomic E-state index is 11.2. The summed E-state index contributed by atoms with van der Waals surface area (Å²) >= 11 is 18.0. The van der Waals surface area contributed by atoms with Gasteiger partial charge in [0, 0.05) is 7.05 Å². The van der Waals surface area contributed by atoms with Gasteiger partial charge in [-0.25, -0.2) is 4.79 Å². The lowest BCUT2D eigenvalue weighted by Crippen LogP contribution is -2.40. The van der Waals surface area contributed by atoms with Gasteiger partial charge in [-0.05, 0) is 12.1 Å². The number of likely N-dealkylation sites (N-methyl/N-ethyl adjacent to an activating group) is 1. The molecule has 1 aliphatic heterocycles. The van der Waals surface area contributed by atoms with E-state index < -0.39 is 12.0 Å². The molecule has 1 aliphatic rings. The minimum Gasteiger partial charge on any atom is -0.479 e. The molecule has 1 unspecified atom stereocenters. The van der Waals surface area contributed by atoms with Gasteiger partial charge < -0.3 is 14.4 Å². The quantitative estimate of drug-likeness (QED) is 0.911. The van der Waals surface area contributed by atoms with Crippen LogP contribution in [0, 0.1) is 0 Å². The fourth-order valence-electron chi connectivity index (χ4n) is 1.75. The van der Waals surface area contributed by atoms with Crippen molar-refractivity contribution in [2.75, 3.05) is 7.05 Å². The molecule has 18 heavy (non-hydrogen) atoms. The molecule has 0 saturated heterocycles. The average Bonchev–Trinajstić information content (AvgIpc) is 2.79. The van der Waals surface area contributed by atoms with Gasteiger partial charge in [-0.1, -0.05) is 34.8 Å². The minimum atomic E-state index is -1.12. The van der Waals surface area contributed by atoms with Crippen LogP contribution in [0.25, 0.3) is 5.70 Å². The number of hydrogen-bond acceptors (Lipinski definition) is 3. The Morgan fingerprint density at radius 3 is 2.56 bits per heavy atom. The van der Waals surface area contributed by atoms with Crippen LogP contribution in [-0.2, 0) is 4.79 Å². The number of carboxylic acid groups (broad SMARTS) is 1. The third-order valence-electron chi connectivity index (χ3n) is 2.58. The van der Waals surface area contributed by atoms with E-state index in [4.69, 9.17) is 39.2 Å². The van der Waals surface area contributed by atoms with Crippen molar-refractivity contribution in [2.45, 2.75) is 6.04 Å². The predicted octanol–water partition coefficient (Wildman–Crippen LogP) is 3.27. The van der Waals surface area contributed by atoms with E-state index in [1.54, 1.807) is 19.2 Å². The summed E-state index contributed by atoms with van der Waals surface area (Å²) in [5, 5.41) is 9.35.